The van der Waals surface area contributed by atoms with Crippen molar-refractivity contribution in [2.24, 2.45) is 0 Å². The summed E-state index contributed by atoms with van der Waals surface area (Å²) in [6, 6.07) is 18.8. The van der Waals surface area contributed by atoms with Crippen molar-refractivity contribution in [1.29, 1.82) is 0 Å². The standard InChI is InChI=1S/C31H35BrN4O4/c1-30(2,3)40-29(37)35-16-13-31(38,20-24(35)17-21-9-6-5-7-10-21)27(36-15-8-14-33-36)25-19-22-18-23(32)11-12-26(22)34-28(25)39-4/h5-12,14-15,18-19,24,27,38H,13,16-17,20H2,1-4H3. The molecule has 0 radical (unpaired) electrons. The van der Waals surface area contributed by atoms with E-state index in [9.17, 15) is 9.90 Å². The van der Waals surface area contributed by atoms with Gasteiger partial charge in [0, 0.05) is 40.4 Å². The van der Waals surface area contributed by atoms with Gasteiger partial charge in [0.15, 0.2) is 0 Å². The van der Waals surface area contributed by atoms with Gasteiger partial charge in [0.05, 0.1) is 18.2 Å². The van der Waals surface area contributed by atoms with Crippen molar-refractivity contribution in [3.05, 3.63) is 88.7 Å². The first-order valence-corrected chi connectivity index (χ1v) is 14.2. The van der Waals surface area contributed by atoms with E-state index < -0.39 is 17.2 Å². The summed E-state index contributed by atoms with van der Waals surface area (Å²) in [6.45, 7) is 5.92. The van der Waals surface area contributed by atoms with Crippen LogP contribution in [0, 0.1) is 0 Å². The van der Waals surface area contributed by atoms with Gasteiger partial charge in [-0.2, -0.15) is 5.10 Å². The van der Waals surface area contributed by atoms with E-state index in [1.807, 2.05) is 87.6 Å². The van der Waals surface area contributed by atoms with E-state index >= 15 is 0 Å². The average molecular weight is 608 g/mol. The van der Waals surface area contributed by atoms with Crippen molar-refractivity contribution in [1.82, 2.24) is 19.7 Å². The lowest BCUT2D eigenvalue weighted by Gasteiger charge is -2.47. The summed E-state index contributed by atoms with van der Waals surface area (Å²) in [5, 5.41) is 18.0. The van der Waals surface area contributed by atoms with Gasteiger partial charge in [0.25, 0.3) is 0 Å². The van der Waals surface area contributed by atoms with Gasteiger partial charge < -0.3 is 19.5 Å². The highest BCUT2D eigenvalue weighted by Gasteiger charge is 2.48. The molecule has 1 aliphatic heterocycles. The Morgan fingerprint density at radius 1 is 1.18 bits per heavy atom. The lowest BCUT2D eigenvalue weighted by Crippen LogP contribution is -2.57. The number of hydrogen-bond donors (Lipinski definition) is 1. The van der Waals surface area contributed by atoms with Crippen molar-refractivity contribution in [2.45, 2.75) is 63.3 Å². The van der Waals surface area contributed by atoms with Gasteiger partial charge in [-0.25, -0.2) is 9.78 Å². The first-order chi connectivity index (χ1) is 19.1. The van der Waals surface area contributed by atoms with Crippen LogP contribution < -0.4 is 4.74 Å². The minimum atomic E-state index is -1.27. The number of likely N-dealkylation sites (tertiary alicyclic amines) is 1. The minimum absolute atomic E-state index is 0.303. The van der Waals surface area contributed by atoms with Crippen molar-refractivity contribution in [3.63, 3.8) is 0 Å². The lowest BCUT2D eigenvalue weighted by atomic mass is 9.76. The zero-order chi connectivity index (χ0) is 28.5. The third-order valence-corrected chi connectivity index (χ3v) is 7.81. The molecule has 5 rings (SSSR count). The summed E-state index contributed by atoms with van der Waals surface area (Å²) >= 11 is 3.56. The highest BCUT2D eigenvalue weighted by atomic mass is 79.9. The maximum Gasteiger partial charge on any atom is 0.410 e. The number of aromatic nitrogens is 3. The second-order valence-electron chi connectivity index (χ2n) is 11.4. The Labute approximate surface area is 243 Å². The molecule has 3 atom stereocenters. The Morgan fingerprint density at radius 3 is 2.62 bits per heavy atom. The van der Waals surface area contributed by atoms with Gasteiger partial charge in [-0.3, -0.25) is 4.68 Å². The summed E-state index contributed by atoms with van der Waals surface area (Å²) < 4.78 is 14.3. The molecule has 0 bridgehead atoms. The monoisotopic (exact) mass is 606 g/mol. The Bertz CT molecular complexity index is 1470. The van der Waals surface area contributed by atoms with Crippen LogP contribution in [0.1, 0.15) is 50.8 Å². The molecule has 210 valence electrons. The molecule has 1 fully saturated rings. The lowest BCUT2D eigenvalue weighted by molar-refractivity contribution is -0.0770. The molecule has 0 aliphatic carbocycles. The number of halogens is 1. The third kappa shape index (κ3) is 6.00. The number of aliphatic hydroxyl groups is 1. The number of fused-ring (bicyclic) bond motifs is 1. The maximum atomic E-state index is 13.3. The number of pyridine rings is 1. The fraction of sp³-hybridized carbons (Fsp3) is 0.387. The van der Waals surface area contributed by atoms with Crippen LogP contribution in [-0.2, 0) is 11.2 Å². The van der Waals surface area contributed by atoms with Crippen LogP contribution in [0.4, 0.5) is 4.79 Å². The predicted octanol–water partition coefficient (Wildman–Crippen LogP) is 6.17. The topological polar surface area (TPSA) is 89.7 Å². The first kappa shape index (κ1) is 28.1. The molecule has 2 aromatic heterocycles. The molecule has 9 heteroatoms. The summed E-state index contributed by atoms with van der Waals surface area (Å²) in [5.41, 5.74) is 0.701. The predicted molar refractivity (Wildman–Crippen MR) is 157 cm³/mol. The molecule has 8 nitrogen and oxygen atoms in total. The van der Waals surface area contributed by atoms with E-state index in [2.05, 4.69) is 21.0 Å². The van der Waals surface area contributed by atoms with Gasteiger partial charge in [0.1, 0.15) is 11.6 Å². The van der Waals surface area contributed by atoms with E-state index in [4.69, 9.17) is 14.5 Å². The van der Waals surface area contributed by atoms with E-state index in [0.717, 1.165) is 26.5 Å². The number of carbonyl (C=O) groups excluding carboxylic acids is 1. The highest BCUT2D eigenvalue weighted by molar-refractivity contribution is 9.10. The molecule has 4 aromatic rings. The van der Waals surface area contributed by atoms with Crippen LogP contribution in [0.3, 0.4) is 0 Å². The maximum absolute atomic E-state index is 13.3. The van der Waals surface area contributed by atoms with Crippen molar-refractivity contribution in [3.8, 4) is 5.88 Å². The molecule has 3 unspecified atom stereocenters. The molecule has 0 spiro atoms. The van der Waals surface area contributed by atoms with E-state index in [1.54, 1.807) is 22.9 Å². The van der Waals surface area contributed by atoms with E-state index in [-0.39, 0.29) is 12.1 Å². The van der Waals surface area contributed by atoms with Crippen molar-refractivity contribution < 1.29 is 19.4 Å². The number of amides is 1. The second-order valence-corrected chi connectivity index (χ2v) is 12.3. The van der Waals surface area contributed by atoms with Crippen LogP contribution in [0.5, 0.6) is 5.88 Å². The van der Waals surface area contributed by atoms with Crippen LogP contribution in [0.2, 0.25) is 0 Å². The van der Waals surface area contributed by atoms with Crippen LogP contribution in [-0.4, -0.2) is 61.8 Å². The van der Waals surface area contributed by atoms with E-state index in [0.29, 0.717) is 31.7 Å². The Balaban J connectivity index is 1.58. The normalized spacial score (nSPS) is 20.4. The van der Waals surface area contributed by atoms with Crippen molar-refractivity contribution in [2.75, 3.05) is 13.7 Å². The second kappa shape index (κ2) is 11.2. The average Bonchev–Trinajstić information content (AvgIpc) is 3.42. The van der Waals surface area contributed by atoms with E-state index in [1.165, 1.54) is 0 Å². The number of benzene rings is 2. The fourth-order valence-electron chi connectivity index (χ4n) is 5.61. The number of hydrogen-bond acceptors (Lipinski definition) is 6. The minimum Gasteiger partial charge on any atom is -0.481 e. The fourth-order valence-corrected chi connectivity index (χ4v) is 5.99. The van der Waals surface area contributed by atoms with Crippen LogP contribution >= 0.6 is 15.9 Å². The number of rotatable bonds is 6. The zero-order valence-electron chi connectivity index (χ0n) is 23.3. The van der Waals surface area contributed by atoms with Gasteiger partial charge >= 0.3 is 6.09 Å². The molecule has 0 saturated carbocycles. The molecule has 1 aliphatic rings. The molecular formula is C31H35BrN4O4. The highest BCUT2D eigenvalue weighted by Crippen LogP contribution is 2.44. The third-order valence-electron chi connectivity index (χ3n) is 7.31. The number of ether oxygens (including phenoxy) is 2. The number of piperidine rings is 1. The van der Waals surface area contributed by atoms with Gasteiger partial charge in [-0.15, -0.1) is 0 Å². The largest absolute Gasteiger partial charge is 0.481 e. The Hall–Kier alpha value is -3.43. The Morgan fingerprint density at radius 2 is 1.95 bits per heavy atom. The van der Waals surface area contributed by atoms with Crippen LogP contribution in [0.15, 0.2) is 77.5 Å². The zero-order valence-corrected chi connectivity index (χ0v) is 24.8. The quantitative estimate of drug-likeness (QED) is 0.282. The Kier molecular flexibility index (Phi) is 7.88. The molecule has 3 heterocycles. The summed E-state index contributed by atoms with van der Waals surface area (Å²) in [6.07, 6.45) is 4.38. The number of carbonyl (C=O) groups is 1. The number of methoxy groups -OCH3 is 1. The molecule has 1 amide bonds. The smallest absolute Gasteiger partial charge is 0.410 e. The van der Waals surface area contributed by atoms with Crippen LogP contribution in [0.25, 0.3) is 10.9 Å². The van der Waals surface area contributed by atoms with Gasteiger partial charge in [-0.1, -0.05) is 46.3 Å². The van der Waals surface area contributed by atoms with Crippen molar-refractivity contribution >= 4 is 32.9 Å². The molecule has 40 heavy (non-hydrogen) atoms. The summed E-state index contributed by atoms with van der Waals surface area (Å²) in [5.74, 6) is 0.429. The van der Waals surface area contributed by atoms with Gasteiger partial charge in [0.2, 0.25) is 5.88 Å². The molecule has 1 N–H and O–H groups in total. The molecular weight excluding hydrogens is 572 g/mol. The molecule has 1 saturated heterocycles. The molecule has 2 aromatic carbocycles. The first-order valence-electron chi connectivity index (χ1n) is 13.5. The number of nitrogens with zero attached hydrogens (tertiary/aromatic N) is 4. The SMILES string of the molecule is COc1nc2ccc(Br)cc2cc1C(n1cccn1)C1(O)CCN(C(=O)OC(C)(C)C)C(Cc2ccccc2)C1. The summed E-state index contributed by atoms with van der Waals surface area (Å²) in [4.78, 5) is 19.9. The summed E-state index contributed by atoms with van der Waals surface area (Å²) in [7, 11) is 1.59. The van der Waals surface area contributed by atoms with Gasteiger partial charge in [-0.05, 0) is 75.9 Å².